The minimum absolute atomic E-state index is 0. The number of hydrogen-bond acceptors (Lipinski definition) is 0. The highest BCUT2D eigenvalue weighted by molar-refractivity contribution is 14.1. The molecule has 0 rings (SSSR count). The van der Waals surface area contributed by atoms with Gasteiger partial charge in [-0.2, -0.15) is 44.7 Å². The SMILES string of the molecule is C.C.C.C.C.C.C.C.C.C.C.C.C.C.C.[B][B]I.[B][B]I. The molecule has 0 N–H and O–H groups in total. The zero-order chi connectivity index (χ0) is 5.41. The molecule has 0 heterocycles. The van der Waals surface area contributed by atoms with E-state index in [1.165, 1.54) is 10.1 Å². The molecule has 0 fully saturated rings. The number of rotatable bonds is 0. The maximum absolute atomic E-state index is 4.71. The van der Waals surface area contributed by atoms with Crippen LogP contribution in [0.1, 0.15) is 111 Å². The Labute approximate surface area is 180 Å². The summed E-state index contributed by atoms with van der Waals surface area (Å²) in [4.78, 5) is 0. The highest BCUT2D eigenvalue weighted by Crippen LogP contribution is 1.58. The first-order chi connectivity index (χ1) is 2.83. The molecule has 0 aliphatic heterocycles. The first-order valence-electron chi connectivity index (χ1n) is 1.10. The summed E-state index contributed by atoms with van der Waals surface area (Å²) < 4.78 is 0. The fourth-order valence-electron chi connectivity index (χ4n) is 0. The van der Waals surface area contributed by atoms with Crippen LogP contribution in [0.3, 0.4) is 0 Å². The second-order valence-electron chi connectivity index (χ2n) is 0.252. The molecule has 21 heavy (non-hydrogen) atoms. The summed E-state index contributed by atoms with van der Waals surface area (Å²) in [6.45, 7) is 0. The van der Waals surface area contributed by atoms with Crippen LogP contribution in [0.25, 0.3) is 0 Å². The standard InChI is InChI=1S/15CH4.2B2I/c;;;;;;;;;;;;;;;2*1-2-3/h15*1H4;;. The summed E-state index contributed by atoms with van der Waals surface area (Å²) in [6, 6.07) is 0. The lowest BCUT2D eigenvalue weighted by Crippen LogP contribution is -1.60. The summed E-state index contributed by atoms with van der Waals surface area (Å²) in [6.07, 6.45) is 0. The Morgan fingerprint density at radius 1 is 0.333 bits per heavy atom. The highest BCUT2D eigenvalue weighted by Gasteiger charge is 1.46. The van der Waals surface area contributed by atoms with Crippen molar-refractivity contribution in [2.75, 3.05) is 0 Å². The van der Waals surface area contributed by atoms with Crippen molar-refractivity contribution >= 4 is 70.3 Å². The van der Waals surface area contributed by atoms with E-state index in [9.17, 15) is 0 Å². The van der Waals surface area contributed by atoms with Crippen molar-refractivity contribution in [2.24, 2.45) is 0 Å². The molecule has 146 valence electrons. The van der Waals surface area contributed by atoms with Crippen LogP contribution in [0.2, 0.25) is 0 Å². The number of hydrogen-bond donors (Lipinski definition) is 0. The largest absolute Gasteiger partial charge is 0.171 e. The van der Waals surface area contributed by atoms with E-state index in [1.807, 2.05) is 44.7 Å². The van der Waals surface area contributed by atoms with E-state index in [-0.39, 0.29) is 111 Å². The summed E-state index contributed by atoms with van der Waals surface area (Å²) in [7, 11) is 9.42. The highest BCUT2D eigenvalue weighted by atomic mass is 127. The molecular formula is C15H60B4I2. The topological polar surface area (TPSA) is 0 Å². The maximum Gasteiger partial charge on any atom is 0.143 e. The van der Waals surface area contributed by atoms with Gasteiger partial charge in [0.15, 0.2) is 0 Å². The van der Waals surface area contributed by atoms with Gasteiger partial charge in [0.2, 0.25) is 0 Å². The maximum atomic E-state index is 4.71. The van der Waals surface area contributed by atoms with E-state index in [0.29, 0.717) is 0 Å². The average Bonchev–Trinajstić information content (AvgIpc) is 1.39. The van der Waals surface area contributed by atoms with Crippen LogP contribution in [0.5, 0.6) is 0 Å². The number of halogens is 2. The lowest BCUT2D eigenvalue weighted by molar-refractivity contribution is 2.50. The van der Waals surface area contributed by atoms with Crippen molar-refractivity contribution < 1.29 is 0 Å². The van der Waals surface area contributed by atoms with Crippen LogP contribution >= 0.6 is 44.7 Å². The molecule has 0 saturated carbocycles. The molecule has 0 aromatic rings. The van der Waals surface area contributed by atoms with Gasteiger partial charge in [-0.3, -0.25) is 0 Å². The molecule has 0 bridgehead atoms. The van der Waals surface area contributed by atoms with Gasteiger partial charge in [-0.05, 0) is 0 Å². The molecule has 0 atom stereocenters. The third-order valence-electron chi connectivity index (χ3n) is 0. The lowest BCUT2D eigenvalue weighted by atomic mass is 9.81. The van der Waals surface area contributed by atoms with Crippen LogP contribution in [0.4, 0.5) is 0 Å². The van der Waals surface area contributed by atoms with Gasteiger partial charge < -0.3 is 0 Å². The first kappa shape index (κ1) is 328. The molecule has 0 spiro atoms. The monoisotopic (exact) mass is 538 g/mol. The molecule has 0 aliphatic rings. The smallest absolute Gasteiger partial charge is 0.143 e. The molecule has 0 amide bonds. The molecular weight excluding hydrogens is 477 g/mol. The van der Waals surface area contributed by atoms with Crippen molar-refractivity contribution in [3.63, 3.8) is 0 Å². The molecule has 0 aliphatic carbocycles. The quantitative estimate of drug-likeness (QED) is 0.213. The minimum atomic E-state index is 0. The van der Waals surface area contributed by atoms with Crippen LogP contribution in [-0.4, -0.2) is 25.5 Å². The third kappa shape index (κ3) is 2860. The second kappa shape index (κ2) is 674. The van der Waals surface area contributed by atoms with Gasteiger partial charge in [0.05, 0.1) is 0 Å². The average molecular weight is 538 g/mol. The van der Waals surface area contributed by atoms with Gasteiger partial charge in [-0.15, -0.1) is 0 Å². The Morgan fingerprint density at radius 2 is 0.333 bits per heavy atom. The van der Waals surface area contributed by atoms with Gasteiger partial charge in [0.1, 0.15) is 10.1 Å². The Balaban J connectivity index is -0.000000000593. The predicted octanol–water partition coefficient (Wildman–Crippen LogP) is 9.79. The molecule has 6 heteroatoms. The van der Waals surface area contributed by atoms with E-state index in [0.717, 1.165) is 0 Å². The third-order valence-corrected chi connectivity index (χ3v) is 0. The summed E-state index contributed by atoms with van der Waals surface area (Å²) in [5.74, 6) is 0. The van der Waals surface area contributed by atoms with Crippen LogP contribution in [0, 0.1) is 0 Å². The van der Waals surface area contributed by atoms with Crippen LogP contribution in [-0.2, 0) is 0 Å². The molecule has 0 unspecified atom stereocenters. The van der Waals surface area contributed by atoms with Gasteiger partial charge in [-0.1, -0.05) is 111 Å². The summed E-state index contributed by atoms with van der Waals surface area (Å²) >= 11 is 3.88. The van der Waals surface area contributed by atoms with Crippen molar-refractivity contribution in [1.82, 2.24) is 0 Å². The lowest BCUT2D eigenvalue weighted by Gasteiger charge is -1.39. The molecule has 0 aromatic heterocycles. The van der Waals surface area contributed by atoms with E-state index >= 15 is 0 Å². The van der Waals surface area contributed by atoms with E-state index in [4.69, 9.17) is 15.5 Å². The molecule has 6 radical (unpaired) electrons. The van der Waals surface area contributed by atoms with Crippen LogP contribution < -0.4 is 0 Å². The Kier molecular flexibility index (Phi) is 10500. The van der Waals surface area contributed by atoms with Gasteiger partial charge >= 0.3 is 0 Å². The molecule has 0 nitrogen and oxygen atoms in total. The second-order valence-corrected chi connectivity index (χ2v) is 1.69. The van der Waals surface area contributed by atoms with Gasteiger partial charge in [0.25, 0.3) is 0 Å². The zero-order valence-electron chi connectivity index (χ0n) is 3.07. The summed E-state index contributed by atoms with van der Waals surface area (Å²) in [5, 5.41) is 2.94. The Morgan fingerprint density at radius 3 is 0.333 bits per heavy atom. The minimum Gasteiger partial charge on any atom is -0.171 e. The van der Waals surface area contributed by atoms with Crippen molar-refractivity contribution in [3.05, 3.63) is 0 Å². The Hall–Kier alpha value is 1.72. The van der Waals surface area contributed by atoms with Crippen molar-refractivity contribution in [3.8, 4) is 0 Å². The predicted molar refractivity (Wildman–Crippen MR) is 152 cm³/mol. The van der Waals surface area contributed by atoms with Crippen molar-refractivity contribution in [1.29, 1.82) is 0 Å². The van der Waals surface area contributed by atoms with E-state index < -0.39 is 0 Å². The molecule has 0 saturated heterocycles. The Bertz CT molecular complexity index is 25.6. The zero-order valence-corrected chi connectivity index (χ0v) is 7.38. The van der Waals surface area contributed by atoms with Gasteiger partial charge in [0, 0.05) is 15.5 Å². The normalized spacial score (nSPS) is 1.24. The van der Waals surface area contributed by atoms with Crippen molar-refractivity contribution in [2.45, 2.75) is 111 Å². The van der Waals surface area contributed by atoms with Crippen LogP contribution in [0.15, 0.2) is 0 Å². The fourth-order valence-corrected chi connectivity index (χ4v) is 0. The molecule has 0 aromatic carbocycles. The fraction of sp³-hybridized carbons (Fsp3) is 1.00. The van der Waals surface area contributed by atoms with Gasteiger partial charge in [-0.25, -0.2) is 0 Å². The first-order valence-corrected chi connectivity index (χ1v) is 3.59. The summed E-state index contributed by atoms with van der Waals surface area (Å²) in [5.41, 5.74) is 0. The van der Waals surface area contributed by atoms with E-state index in [1.54, 1.807) is 0 Å². The van der Waals surface area contributed by atoms with E-state index in [2.05, 4.69) is 0 Å².